The Labute approximate surface area is 222 Å². The van der Waals surface area contributed by atoms with Crippen LogP contribution in [-0.4, -0.2) is 30.3 Å². The molecule has 0 saturated carbocycles. The fourth-order valence-electron chi connectivity index (χ4n) is 4.63. The smallest absolute Gasteiger partial charge is 0.220 e. The molecule has 186 valence electrons. The third kappa shape index (κ3) is 5.89. The Morgan fingerprint density at radius 2 is 1.46 bits per heavy atom. The highest BCUT2D eigenvalue weighted by molar-refractivity contribution is 7.99. The third-order valence-electron chi connectivity index (χ3n) is 6.50. The average Bonchev–Trinajstić information content (AvgIpc) is 3.33. The van der Waals surface area contributed by atoms with E-state index in [1.807, 2.05) is 54.6 Å². The number of hydrogen-bond donors (Lipinski definition) is 2. The highest BCUT2D eigenvalue weighted by atomic mass is 32.2. The van der Waals surface area contributed by atoms with Crippen LogP contribution < -0.4 is 10.1 Å². The van der Waals surface area contributed by atoms with Crippen LogP contribution in [0.5, 0.6) is 5.75 Å². The van der Waals surface area contributed by atoms with Gasteiger partial charge in [-0.2, -0.15) is 0 Å². The van der Waals surface area contributed by atoms with Gasteiger partial charge in [-0.05, 0) is 47.0 Å². The Morgan fingerprint density at radius 3 is 2.11 bits per heavy atom. The van der Waals surface area contributed by atoms with Gasteiger partial charge >= 0.3 is 0 Å². The first-order valence-electron chi connectivity index (χ1n) is 12.5. The maximum atomic E-state index is 13.0. The number of methoxy groups -OCH3 is 1. The van der Waals surface area contributed by atoms with Crippen LogP contribution in [0.3, 0.4) is 0 Å². The molecule has 1 amide bonds. The molecule has 37 heavy (non-hydrogen) atoms. The number of nitrogens with one attached hydrogen (secondary N) is 2. The fourth-order valence-corrected chi connectivity index (χ4v) is 5.68. The van der Waals surface area contributed by atoms with E-state index >= 15 is 0 Å². The Balaban J connectivity index is 1.26. The maximum Gasteiger partial charge on any atom is 0.220 e. The summed E-state index contributed by atoms with van der Waals surface area (Å²) in [4.78, 5) is 17.8. The molecule has 0 saturated heterocycles. The summed E-state index contributed by atoms with van der Waals surface area (Å²) in [6.07, 6.45) is 0.420. The van der Waals surface area contributed by atoms with Crippen molar-refractivity contribution in [1.82, 2.24) is 10.3 Å². The van der Waals surface area contributed by atoms with Crippen LogP contribution in [0.15, 0.2) is 114 Å². The average molecular weight is 507 g/mol. The molecule has 0 bridgehead atoms. The van der Waals surface area contributed by atoms with Gasteiger partial charge in [-0.3, -0.25) is 4.79 Å². The summed E-state index contributed by atoms with van der Waals surface area (Å²) in [5.41, 5.74) is 5.61. The highest BCUT2D eigenvalue weighted by Gasteiger charge is 2.18. The van der Waals surface area contributed by atoms with Gasteiger partial charge in [0, 0.05) is 40.4 Å². The Hall–Kier alpha value is -3.96. The number of benzene rings is 4. The summed E-state index contributed by atoms with van der Waals surface area (Å²) in [6, 6.07) is 37.0. The van der Waals surface area contributed by atoms with Gasteiger partial charge < -0.3 is 15.0 Å². The van der Waals surface area contributed by atoms with Crippen molar-refractivity contribution < 1.29 is 9.53 Å². The van der Waals surface area contributed by atoms with Gasteiger partial charge in [0.25, 0.3) is 0 Å². The van der Waals surface area contributed by atoms with Crippen molar-refractivity contribution in [3.8, 4) is 17.0 Å². The van der Waals surface area contributed by atoms with Crippen molar-refractivity contribution in [3.05, 3.63) is 120 Å². The molecular weight excluding hydrogens is 476 g/mol. The van der Waals surface area contributed by atoms with Crippen molar-refractivity contribution in [2.75, 3.05) is 19.4 Å². The van der Waals surface area contributed by atoms with Crippen LogP contribution in [0.2, 0.25) is 0 Å². The number of carbonyl (C=O) groups excluding carboxylic acids is 1. The molecule has 0 unspecified atom stereocenters. The molecule has 0 atom stereocenters. The molecule has 4 aromatic carbocycles. The number of H-pyrrole nitrogens is 1. The number of amides is 1. The number of carbonyl (C=O) groups is 1. The normalized spacial score (nSPS) is 11.1. The number of fused-ring (bicyclic) bond motifs is 1. The molecule has 0 aliphatic carbocycles. The lowest BCUT2D eigenvalue weighted by Crippen LogP contribution is -2.27. The molecule has 1 aromatic heterocycles. The lowest BCUT2D eigenvalue weighted by Gasteiger charge is -2.18. The van der Waals surface area contributed by atoms with E-state index in [9.17, 15) is 4.79 Å². The predicted octanol–water partition coefficient (Wildman–Crippen LogP) is 7.27. The second-order valence-electron chi connectivity index (χ2n) is 8.88. The highest BCUT2D eigenvalue weighted by Crippen LogP contribution is 2.38. The molecule has 5 aromatic rings. The second kappa shape index (κ2) is 11.8. The van der Waals surface area contributed by atoms with E-state index in [-0.39, 0.29) is 11.8 Å². The lowest BCUT2D eigenvalue weighted by atomic mass is 9.88. The second-order valence-corrected chi connectivity index (χ2v) is 9.98. The number of para-hydroxylation sites is 1. The van der Waals surface area contributed by atoms with Crippen molar-refractivity contribution in [3.63, 3.8) is 0 Å². The first-order chi connectivity index (χ1) is 18.2. The molecule has 0 spiro atoms. The molecule has 5 heteroatoms. The molecule has 0 aliphatic rings. The molecule has 0 fully saturated rings. The van der Waals surface area contributed by atoms with Gasteiger partial charge in [0.05, 0.1) is 12.8 Å². The summed E-state index contributed by atoms with van der Waals surface area (Å²) in [6.45, 7) is 0.599. The molecule has 0 radical (unpaired) electrons. The summed E-state index contributed by atoms with van der Waals surface area (Å²) in [5, 5.41) is 4.34. The monoisotopic (exact) mass is 506 g/mol. The first kappa shape index (κ1) is 24.7. The van der Waals surface area contributed by atoms with E-state index < -0.39 is 0 Å². The summed E-state index contributed by atoms with van der Waals surface area (Å²) in [7, 11) is 1.68. The minimum Gasteiger partial charge on any atom is -0.497 e. The summed E-state index contributed by atoms with van der Waals surface area (Å²) >= 11 is 1.76. The largest absolute Gasteiger partial charge is 0.497 e. The van der Waals surface area contributed by atoms with Crippen LogP contribution >= 0.6 is 11.8 Å². The SMILES string of the molecule is COc1ccc(-c2[nH]c3ccccc3c2SCCNC(=O)CC(c2ccccc2)c2ccccc2)cc1. The third-order valence-corrected chi connectivity index (χ3v) is 7.62. The zero-order chi connectivity index (χ0) is 25.5. The predicted molar refractivity (Wildman–Crippen MR) is 153 cm³/mol. The Kier molecular flexibility index (Phi) is 7.92. The molecule has 0 aliphatic heterocycles. The van der Waals surface area contributed by atoms with E-state index in [1.54, 1.807) is 18.9 Å². The molecule has 1 heterocycles. The molecule has 2 N–H and O–H groups in total. The summed E-state index contributed by atoms with van der Waals surface area (Å²) in [5.74, 6) is 1.71. The van der Waals surface area contributed by atoms with E-state index in [0.29, 0.717) is 13.0 Å². The van der Waals surface area contributed by atoms with Gasteiger partial charge in [0.2, 0.25) is 5.91 Å². The summed E-state index contributed by atoms with van der Waals surface area (Å²) < 4.78 is 5.32. The van der Waals surface area contributed by atoms with Crippen LogP contribution in [0.4, 0.5) is 0 Å². The minimum atomic E-state index is 0.0327. The van der Waals surface area contributed by atoms with Gasteiger partial charge in [-0.15, -0.1) is 11.8 Å². The van der Waals surface area contributed by atoms with Gasteiger partial charge in [-0.1, -0.05) is 78.9 Å². The molecule has 5 rings (SSSR count). The lowest BCUT2D eigenvalue weighted by molar-refractivity contribution is -0.121. The van der Waals surface area contributed by atoms with E-state index in [0.717, 1.165) is 39.4 Å². The van der Waals surface area contributed by atoms with Crippen LogP contribution in [0.25, 0.3) is 22.2 Å². The minimum absolute atomic E-state index is 0.0327. The number of ether oxygens (including phenoxy) is 1. The Morgan fingerprint density at radius 1 is 0.838 bits per heavy atom. The van der Waals surface area contributed by atoms with Gasteiger partial charge in [0.1, 0.15) is 5.75 Å². The van der Waals surface area contributed by atoms with Crippen LogP contribution in [0.1, 0.15) is 23.5 Å². The quantitative estimate of drug-likeness (QED) is 0.155. The van der Waals surface area contributed by atoms with E-state index in [1.165, 1.54) is 10.3 Å². The number of aromatic amines is 1. The Bertz CT molecular complexity index is 1410. The molecule has 4 nitrogen and oxygen atoms in total. The zero-order valence-corrected chi connectivity index (χ0v) is 21.6. The van der Waals surface area contributed by atoms with Crippen LogP contribution in [-0.2, 0) is 4.79 Å². The topological polar surface area (TPSA) is 54.1 Å². The number of aromatic nitrogens is 1. The van der Waals surface area contributed by atoms with Gasteiger partial charge in [-0.25, -0.2) is 0 Å². The number of thioether (sulfide) groups is 1. The maximum absolute atomic E-state index is 13.0. The van der Waals surface area contributed by atoms with E-state index in [2.05, 4.69) is 64.9 Å². The van der Waals surface area contributed by atoms with Crippen molar-refractivity contribution in [2.45, 2.75) is 17.2 Å². The van der Waals surface area contributed by atoms with Crippen molar-refractivity contribution in [1.29, 1.82) is 0 Å². The number of rotatable bonds is 10. The van der Waals surface area contributed by atoms with Gasteiger partial charge in [0.15, 0.2) is 0 Å². The standard InChI is InChI=1S/C32H30N2O2S/c1-36-26-18-16-25(17-19-26)31-32(27-14-8-9-15-29(27)34-31)37-21-20-33-30(35)22-28(23-10-4-2-5-11-23)24-12-6-3-7-13-24/h2-19,28,34H,20-22H2,1H3,(H,33,35). The number of hydrogen-bond acceptors (Lipinski definition) is 3. The van der Waals surface area contributed by atoms with Crippen LogP contribution in [0, 0.1) is 0 Å². The van der Waals surface area contributed by atoms with Crippen molar-refractivity contribution >= 4 is 28.6 Å². The fraction of sp³-hybridized carbons (Fsp3) is 0.156. The molecular formula is C32H30N2O2S. The zero-order valence-electron chi connectivity index (χ0n) is 20.8. The van der Waals surface area contributed by atoms with E-state index in [4.69, 9.17) is 4.74 Å². The van der Waals surface area contributed by atoms with Crippen molar-refractivity contribution in [2.24, 2.45) is 0 Å². The first-order valence-corrected chi connectivity index (χ1v) is 13.5.